The molecule has 4 rings (SSSR count). The Morgan fingerprint density at radius 1 is 1.13 bits per heavy atom. The van der Waals surface area contributed by atoms with Gasteiger partial charge in [-0.25, -0.2) is 9.97 Å². The van der Waals surface area contributed by atoms with Crippen LogP contribution in [-0.2, 0) is 11.2 Å². The largest absolute Gasteiger partial charge is 0.458 e. The Balaban J connectivity index is 1.26. The fourth-order valence-corrected chi connectivity index (χ4v) is 3.99. The summed E-state index contributed by atoms with van der Waals surface area (Å²) >= 11 is 0. The summed E-state index contributed by atoms with van der Waals surface area (Å²) in [6.45, 7) is 3.45. The van der Waals surface area contributed by atoms with Crippen LogP contribution in [0.4, 0.5) is 0 Å². The molecule has 3 amide bonds. The highest BCUT2D eigenvalue weighted by Crippen LogP contribution is 2.23. The first-order valence-electron chi connectivity index (χ1n) is 10.8. The van der Waals surface area contributed by atoms with Crippen molar-refractivity contribution in [1.82, 2.24) is 19.8 Å². The van der Waals surface area contributed by atoms with Crippen LogP contribution in [0.3, 0.4) is 0 Å². The molecule has 2 aromatic rings. The second-order valence-corrected chi connectivity index (χ2v) is 7.86. The summed E-state index contributed by atoms with van der Waals surface area (Å²) in [5, 5.41) is 0. The van der Waals surface area contributed by atoms with E-state index in [1.165, 1.54) is 4.90 Å². The Labute approximate surface area is 181 Å². The number of carbonyl (C=O) groups is 3. The van der Waals surface area contributed by atoms with Crippen LogP contribution in [0.2, 0.25) is 0 Å². The summed E-state index contributed by atoms with van der Waals surface area (Å²) in [5.41, 5.74) is 1.92. The van der Waals surface area contributed by atoms with E-state index in [1.54, 1.807) is 41.6 Å². The Morgan fingerprint density at radius 2 is 1.81 bits per heavy atom. The number of imide groups is 1. The van der Waals surface area contributed by atoms with Crippen molar-refractivity contribution in [3.05, 3.63) is 53.3 Å². The molecule has 1 fully saturated rings. The first-order valence-corrected chi connectivity index (χ1v) is 10.8. The maximum Gasteiger partial charge on any atom is 0.316 e. The van der Waals surface area contributed by atoms with Crippen molar-refractivity contribution >= 4 is 17.7 Å². The van der Waals surface area contributed by atoms with Crippen LogP contribution >= 0.6 is 0 Å². The van der Waals surface area contributed by atoms with Crippen LogP contribution in [0, 0.1) is 0 Å². The highest BCUT2D eigenvalue weighted by atomic mass is 16.5. The summed E-state index contributed by atoms with van der Waals surface area (Å²) in [4.78, 5) is 49.0. The zero-order valence-electron chi connectivity index (χ0n) is 17.6. The zero-order chi connectivity index (χ0) is 21.8. The van der Waals surface area contributed by atoms with Crippen molar-refractivity contribution in [3.8, 4) is 6.01 Å². The molecular formula is C23H26N4O4. The molecular weight excluding hydrogens is 396 g/mol. The molecule has 0 saturated carbocycles. The van der Waals surface area contributed by atoms with Gasteiger partial charge in [-0.05, 0) is 43.4 Å². The number of nitrogens with zero attached hydrogens (tertiary/aromatic N) is 4. The molecule has 162 valence electrons. The Bertz CT molecular complexity index is 941. The van der Waals surface area contributed by atoms with Gasteiger partial charge in [-0.15, -0.1) is 0 Å². The molecule has 31 heavy (non-hydrogen) atoms. The van der Waals surface area contributed by atoms with E-state index in [0.717, 1.165) is 24.8 Å². The van der Waals surface area contributed by atoms with E-state index in [9.17, 15) is 14.4 Å². The molecule has 1 aromatic carbocycles. The normalized spacial score (nSPS) is 18.3. The number of likely N-dealkylation sites (tertiary alicyclic amines) is 1. The number of hydrogen-bond donors (Lipinski definition) is 0. The van der Waals surface area contributed by atoms with Crippen molar-refractivity contribution in [2.24, 2.45) is 0 Å². The van der Waals surface area contributed by atoms with E-state index in [1.807, 2.05) is 6.92 Å². The van der Waals surface area contributed by atoms with Gasteiger partial charge in [-0.1, -0.05) is 19.1 Å². The van der Waals surface area contributed by atoms with E-state index in [4.69, 9.17) is 4.74 Å². The topological polar surface area (TPSA) is 92.7 Å². The van der Waals surface area contributed by atoms with Gasteiger partial charge in [-0.3, -0.25) is 19.3 Å². The van der Waals surface area contributed by atoms with Gasteiger partial charge in [0.15, 0.2) is 0 Å². The number of ether oxygens (including phenoxy) is 1. The lowest BCUT2D eigenvalue weighted by Gasteiger charge is -2.32. The quantitative estimate of drug-likeness (QED) is 0.637. The minimum atomic E-state index is -0.284. The Kier molecular flexibility index (Phi) is 6.25. The van der Waals surface area contributed by atoms with Crippen LogP contribution < -0.4 is 4.74 Å². The maximum absolute atomic E-state index is 12.7. The predicted octanol–water partition coefficient (Wildman–Crippen LogP) is 2.49. The van der Waals surface area contributed by atoms with Gasteiger partial charge in [0, 0.05) is 31.9 Å². The average molecular weight is 422 g/mol. The Morgan fingerprint density at radius 3 is 2.45 bits per heavy atom. The van der Waals surface area contributed by atoms with Crippen LogP contribution in [0.1, 0.15) is 58.9 Å². The molecule has 8 heteroatoms. The summed E-state index contributed by atoms with van der Waals surface area (Å²) in [5.74, 6) is -0.561. The number of aromatic nitrogens is 2. The summed E-state index contributed by atoms with van der Waals surface area (Å²) in [6.07, 6.45) is 6.66. The first-order chi connectivity index (χ1) is 15.1. The smallest absolute Gasteiger partial charge is 0.316 e. The molecule has 0 aliphatic carbocycles. The van der Waals surface area contributed by atoms with E-state index in [-0.39, 0.29) is 36.8 Å². The number of piperidine rings is 1. The molecule has 2 aliphatic heterocycles. The molecule has 1 saturated heterocycles. The van der Waals surface area contributed by atoms with Gasteiger partial charge in [-0.2, -0.15) is 0 Å². The molecule has 1 atom stereocenters. The molecule has 1 aromatic heterocycles. The summed E-state index contributed by atoms with van der Waals surface area (Å²) < 4.78 is 5.87. The number of hydrogen-bond acceptors (Lipinski definition) is 6. The van der Waals surface area contributed by atoms with Crippen LogP contribution in [0.25, 0.3) is 0 Å². The molecule has 0 bridgehead atoms. The summed E-state index contributed by atoms with van der Waals surface area (Å²) in [7, 11) is 0. The second kappa shape index (κ2) is 9.24. The number of fused-ring (bicyclic) bond motifs is 1. The van der Waals surface area contributed by atoms with E-state index in [0.29, 0.717) is 36.6 Å². The van der Waals surface area contributed by atoms with Crippen LogP contribution in [0.5, 0.6) is 6.01 Å². The minimum absolute atomic E-state index is 0.00663. The highest BCUT2D eigenvalue weighted by molar-refractivity contribution is 6.21. The molecule has 0 radical (unpaired) electrons. The SMILES string of the molecule is CCc1cnc(OC2CCCN(C(=O)CCCN3C(=O)c4ccccc4C3=O)C2)nc1. The van der Waals surface area contributed by atoms with Gasteiger partial charge >= 0.3 is 6.01 Å². The van der Waals surface area contributed by atoms with Gasteiger partial charge < -0.3 is 9.64 Å². The molecule has 8 nitrogen and oxygen atoms in total. The first kappa shape index (κ1) is 21.0. The van der Waals surface area contributed by atoms with Crippen LogP contribution in [0.15, 0.2) is 36.7 Å². The number of aryl methyl sites for hydroxylation is 1. The predicted molar refractivity (Wildman–Crippen MR) is 113 cm³/mol. The van der Waals surface area contributed by atoms with Crippen molar-refractivity contribution in [1.29, 1.82) is 0 Å². The third kappa shape index (κ3) is 4.57. The van der Waals surface area contributed by atoms with Gasteiger partial charge in [0.2, 0.25) is 5.91 Å². The van der Waals surface area contributed by atoms with E-state index in [2.05, 4.69) is 9.97 Å². The van der Waals surface area contributed by atoms with Gasteiger partial charge in [0.1, 0.15) is 6.10 Å². The van der Waals surface area contributed by atoms with Gasteiger partial charge in [0.05, 0.1) is 17.7 Å². The average Bonchev–Trinajstić information content (AvgIpc) is 3.05. The lowest BCUT2D eigenvalue weighted by atomic mass is 10.1. The van der Waals surface area contributed by atoms with E-state index < -0.39 is 0 Å². The fraction of sp³-hybridized carbons (Fsp3) is 0.435. The third-order valence-electron chi connectivity index (χ3n) is 5.74. The van der Waals surface area contributed by atoms with Crippen molar-refractivity contribution in [2.45, 2.75) is 45.1 Å². The van der Waals surface area contributed by atoms with Crippen molar-refractivity contribution in [3.63, 3.8) is 0 Å². The zero-order valence-corrected chi connectivity index (χ0v) is 17.6. The van der Waals surface area contributed by atoms with Gasteiger partial charge in [0.25, 0.3) is 11.8 Å². The summed E-state index contributed by atoms with van der Waals surface area (Å²) in [6, 6.07) is 7.15. The monoisotopic (exact) mass is 422 g/mol. The van der Waals surface area contributed by atoms with Crippen molar-refractivity contribution in [2.75, 3.05) is 19.6 Å². The Hall–Kier alpha value is -3.29. The van der Waals surface area contributed by atoms with Crippen molar-refractivity contribution < 1.29 is 19.1 Å². The number of amides is 3. The molecule has 3 heterocycles. The molecule has 2 aliphatic rings. The molecule has 0 N–H and O–H groups in total. The lowest BCUT2D eigenvalue weighted by Crippen LogP contribution is -2.44. The van der Waals surface area contributed by atoms with Crippen LogP contribution in [-0.4, -0.2) is 63.2 Å². The van der Waals surface area contributed by atoms with E-state index >= 15 is 0 Å². The third-order valence-corrected chi connectivity index (χ3v) is 5.74. The fourth-order valence-electron chi connectivity index (χ4n) is 3.99. The minimum Gasteiger partial charge on any atom is -0.458 e. The maximum atomic E-state index is 12.7. The second-order valence-electron chi connectivity index (χ2n) is 7.86. The number of rotatable bonds is 7. The standard InChI is InChI=1S/C23H26N4O4/c1-2-16-13-24-23(25-14-16)31-17-7-5-11-26(15-17)20(28)10-6-12-27-21(29)18-8-3-4-9-19(18)22(27)30/h3-4,8-9,13-14,17H,2,5-7,10-12,15H2,1H3. The number of benzene rings is 1. The molecule has 1 unspecified atom stereocenters. The number of carbonyl (C=O) groups excluding carboxylic acids is 3. The highest BCUT2D eigenvalue weighted by Gasteiger charge is 2.34. The molecule has 0 spiro atoms. The lowest BCUT2D eigenvalue weighted by molar-refractivity contribution is -0.134.